The van der Waals surface area contributed by atoms with Crippen molar-refractivity contribution in [1.82, 2.24) is 9.88 Å². The molecule has 5 rings (SSSR count). The Bertz CT molecular complexity index is 739. The summed E-state index contributed by atoms with van der Waals surface area (Å²) in [5.74, 6) is 1.40. The fraction of sp³-hybridized carbons (Fsp3) is 0.450. The third-order valence-electron chi connectivity index (χ3n) is 5.86. The summed E-state index contributed by atoms with van der Waals surface area (Å²) in [5, 5.41) is 1.21. The Morgan fingerprint density at radius 2 is 2.26 bits per heavy atom. The minimum absolute atomic E-state index is 0.0517. The van der Waals surface area contributed by atoms with Crippen molar-refractivity contribution in [2.45, 2.75) is 31.8 Å². The first-order valence-electron chi connectivity index (χ1n) is 8.65. The number of aromatic nitrogens is 1. The largest absolute Gasteiger partial charge is 0.323 e. The van der Waals surface area contributed by atoms with E-state index in [1.807, 2.05) is 6.20 Å². The number of fused-ring (bicyclic) bond motifs is 4. The van der Waals surface area contributed by atoms with Crippen molar-refractivity contribution in [3.8, 4) is 0 Å². The molecular formula is C20H25N3. The number of nitrogens with two attached hydrogens (primary N) is 1. The molecule has 0 radical (unpaired) electrons. The van der Waals surface area contributed by atoms with Crippen LogP contribution in [0.1, 0.15) is 30.0 Å². The van der Waals surface area contributed by atoms with Crippen molar-refractivity contribution < 1.29 is 0 Å². The number of pyridine rings is 1. The van der Waals surface area contributed by atoms with Gasteiger partial charge in [0.2, 0.25) is 0 Å². The zero-order valence-corrected chi connectivity index (χ0v) is 13.8. The van der Waals surface area contributed by atoms with Gasteiger partial charge in [-0.2, -0.15) is 0 Å². The molecule has 1 aromatic heterocycles. The highest BCUT2D eigenvalue weighted by Crippen LogP contribution is 2.41. The van der Waals surface area contributed by atoms with Gasteiger partial charge in [0.15, 0.2) is 0 Å². The Balaban J connectivity index is 1.69. The SMILES string of the molecule is C=CC1CN2CCC1CC2C(N)c1ccnc2ccc(C)cc12. The van der Waals surface area contributed by atoms with Gasteiger partial charge in [-0.1, -0.05) is 17.7 Å². The Morgan fingerprint density at radius 1 is 1.39 bits per heavy atom. The maximum absolute atomic E-state index is 6.76. The highest BCUT2D eigenvalue weighted by atomic mass is 15.2. The van der Waals surface area contributed by atoms with Crippen molar-refractivity contribution in [3.63, 3.8) is 0 Å². The fourth-order valence-electron chi connectivity index (χ4n) is 4.53. The molecule has 5 unspecified atom stereocenters. The molecule has 3 nitrogen and oxygen atoms in total. The summed E-state index contributed by atoms with van der Waals surface area (Å²) in [6.45, 7) is 8.44. The van der Waals surface area contributed by atoms with Gasteiger partial charge in [0, 0.05) is 30.2 Å². The lowest BCUT2D eigenvalue weighted by molar-refractivity contribution is 0.00749. The number of hydrogen-bond donors (Lipinski definition) is 1. The first kappa shape index (κ1) is 14.9. The highest BCUT2D eigenvalue weighted by Gasteiger charge is 2.41. The summed E-state index contributed by atoms with van der Waals surface area (Å²) in [4.78, 5) is 7.08. The van der Waals surface area contributed by atoms with Gasteiger partial charge < -0.3 is 5.73 Å². The molecular weight excluding hydrogens is 282 g/mol. The fourth-order valence-corrected chi connectivity index (χ4v) is 4.53. The Kier molecular flexibility index (Phi) is 3.70. The molecule has 3 aliphatic heterocycles. The van der Waals surface area contributed by atoms with Crippen LogP contribution in [0.15, 0.2) is 43.1 Å². The molecule has 0 amide bonds. The van der Waals surface area contributed by atoms with Crippen LogP contribution in [0.25, 0.3) is 10.9 Å². The zero-order valence-electron chi connectivity index (χ0n) is 13.8. The average Bonchev–Trinajstić information content (AvgIpc) is 2.60. The van der Waals surface area contributed by atoms with Crippen LogP contribution in [-0.4, -0.2) is 29.0 Å². The summed E-state index contributed by atoms with van der Waals surface area (Å²) in [6, 6.07) is 9.04. The van der Waals surface area contributed by atoms with Crippen LogP contribution in [0.4, 0.5) is 0 Å². The maximum Gasteiger partial charge on any atom is 0.0705 e. The van der Waals surface area contributed by atoms with E-state index >= 15 is 0 Å². The van der Waals surface area contributed by atoms with Gasteiger partial charge in [-0.15, -0.1) is 6.58 Å². The number of aryl methyl sites for hydroxylation is 1. The van der Waals surface area contributed by atoms with Gasteiger partial charge in [-0.25, -0.2) is 0 Å². The molecule has 2 N–H and O–H groups in total. The van der Waals surface area contributed by atoms with Crippen molar-refractivity contribution in [2.75, 3.05) is 13.1 Å². The van der Waals surface area contributed by atoms with Gasteiger partial charge in [-0.05, 0) is 61.9 Å². The second-order valence-corrected chi connectivity index (χ2v) is 7.19. The first-order valence-corrected chi connectivity index (χ1v) is 8.65. The van der Waals surface area contributed by atoms with E-state index in [4.69, 9.17) is 5.73 Å². The summed E-state index contributed by atoms with van der Waals surface area (Å²) < 4.78 is 0. The van der Waals surface area contributed by atoms with Gasteiger partial charge in [0.05, 0.1) is 5.52 Å². The zero-order chi connectivity index (χ0) is 16.0. The van der Waals surface area contributed by atoms with Crippen LogP contribution >= 0.6 is 0 Å². The Hall–Kier alpha value is -1.71. The van der Waals surface area contributed by atoms with Crippen LogP contribution in [0, 0.1) is 18.8 Å². The molecule has 0 saturated carbocycles. The predicted octanol–water partition coefficient (Wildman–Crippen LogP) is 3.44. The predicted molar refractivity (Wildman–Crippen MR) is 95.2 cm³/mol. The quantitative estimate of drug-likeness (QED) is 0.883. The topological polar surface area (TPSA) is 42.1 Å². The second kappa shape index (κ2) is 5.73. The van der Waals surface area contributed by atoms with Crippen molar-refractivity contribution in [1.29, 1.82) is 0 Å². The standard InChI is InChI=1S/C20H25N3/c1-3-14-12-23-9-7-15(14)11-19(23)20(21)16-6-8-22-18-5-4-13(2)10-17(16)18/h3-6,8,10,14-15,19-20H,1,7,9,11-12,21H2,2H3. The molecule has 23 heavy (non-hydrogen) atoms. The second-order valence-electron chi connectivity index (χ2n) is 7.19. The molecule has 4 heterocycles. The smallest absolute Gasteiger partial charge is 0.0705 e. The van der Waals surface area contributed by atoms with Crippen LogP contribution < -0.4 is 5.73 Å². The van der Waals surface area contributed by atoms with E-state index in [9.17, 15) is 0 Å². The van der Waals surface area contributed by atoms with Gasteiger partial charge >= 0.3 is 0 Å². The van der Waals surface area contributed by atoms with E-state index in [0.717, 1.165) is 18.0 Å². The highest BCUT2D eigenvalue weighted by molar-refractivity contribution is 5.83. The van der Waals surface area contributed by atoms with E-state index in [0.29, 0.717) is 12.0 Å². The maximum atomic E-state index is 6.76. The number of rotatable bonds is 3. The Labute approximate surface area is 138 Å². The van der Waals surface area contributed by atoms with Crippen LogP contribution in [0.2, 0.25) is 0 Å². The lowest BCUT2D eigenvalue weighted by Gasteiger charge is -2.51. The minimum atomic E-state index is 0.0517. The average molecular weight is 307 g/mol. The minimum Gasteiger partial charge on any atom is -0.323 e. The third-order valence-corrected chi connectivity index (χ3v) is 5.86. The number of piperidine rings is 3. The molecule has 3 saturated heterocycles. The van der Waals surface area contributed by atoms with E-state index in [-0.39, 0.29) is 6.04 Å². The summed E-state index contributed by atoms with van der Waals surface area (Å²) >= 11 is 0. The van der Waals surface area contributed by atoms with Crippen molar-refractivity contribution in [2.24, 2.45) is 17.6 Å². The molecule has 5 atom stereocenters. The summed E-state index contributed by atoms with van der Waals surface area (Å²) in [6.07, 6.45) is 6.52. The molecule has 0 spiro atoms. The van der Waals surface area contributed by atoms with Gasteiger partial charge in [-0.3, -0.25) is 9.88 Å². The van der Waals surface area contributed by atoms with E-state index in [1.165, 1.54) is 35.9 Å². The monoisotopic (exact) mass is 307 g/mol. The summed E-state index contributed by atoms with van der Waals surface area (Å²) in [5.41, 5.74) is 10.3. The van der Waals surface area contributed by atoms with E-state index in [2.05, 4.69) is 53.7 Å². The van der Waals surface area contributed by atoms with Gasteiger partial charge in [0.25, 0.3) is 0 Å². The number of nitrogens with zero attached hydrogens (tertiary/aromatic N) is 2. The molecule has 2 bridgehead atoms. The Morgan fingerprint density at radius 3 is 3.00 bits per heavy atom. The molecule has 3 heteroatoms. The van der Waals surface area contributed by atoms with Crippen LogP contribution in [0.3, 0.4) is 0 Å². The number of hydrogen-bond acceptors (Lipinski definition) is 3. The van der Waals surface area contributed by atoms with Crippen LogP contribution in [-0.2, 0) is 0 Å². The first-order chi connectivity index (χ1) is 11.2. The lowest BCUT2D eigenvalue weighted by Crippen LogP contribution is -2.56. The summed E-state index contributed by atoms with van der Waals surface area (Å²) in [7, 11) is 0. The van der Waals surface area contributed by atoms with Crippen LogP contribution in [0.5, 0.6) is 0 Å². The molecule has 3 aliphatic rings. The molecule has 120 valence electrons. The number of benzene rings is 1. The molecule has 3 fully saturated rings. The lowest BCUT2D eigenvalue weighted by atomic mass is 9.73. The van der Waals surface area contributed by atoms with Gasteiger partial charge in [0.1, 0.15) is 0 Å². The van der Waals surface area contributed by atoms with Crippen molar-refractivity contribution >= 4 is 10.9 Å². The molecule has 1 aromatic carbocycles. The van der Waals surface area contributed by atoms with E-state index < -0.39 is 0 Å². The third kappa shape index (κ3) is 2.48. The normalized spacial score (nSPS) is 31.2. The molecule has 0 aliphatic carbocycles. The molecule has 2 aromatic rings. The van der Waals surface area contributed by atoms with Crippen molar-refractivity contribution in [3.05, 3.63) is 54.2 Å². The van der Waals surface area contributed by atoms with E-state index in [1.54, 1.807) is 0 Å².